The van der Waals surface area contributed by atoms with Crippen LogP contribution in [-0.2, 0) is 10.0 Å². The summed E-state index contributed by atoms with van der Waals surface area (Å²) >= 11 is 1.66. The minimum Gasteiger partial charge on any atom is -0.497 e. The largest absolute Gasteiger partial charge is 0.497 e. The van der Waals surface area contributed by atoms with Gasteiger partial charge < -0.3 is 9.47 Å². The quantitative estimate of drug-likeness (QED) is 0.743. The lowest BCUT2D eigenvalue weighted by Crippen LogP contribution is -2.36. The van der Waals surface area contributed by atoms with Crippen LogP contribution in [0.1, 0.15) is 23.8 Å². The molecule has 2 aromatic rings. The van der Waals surface area contributed by atoms with Gasteiger partial charge in [0.25, 0.3) is 0 Å². The zero-order valence-corrected chi connectivity index (χ0v) is 16.6. The molecule has 0 aliphatic carbocycles. The van der Waals surface area contributed by atoms with E-state index in [0.29, 0.717) is 18.0 Å². The van der Waals surface area contributed by atoms with Crippen LogP contribution in [0.25, 0.3) is 0 Å². The third-order valence-corrected chi connectivity index (χ3v) is 7.00. The topological polar surface area (TPSA) is 67.9 Å². The van der Waals surface area contributed by atoms with Crippen LogP contribution in [0.5, 0.6) is 11.5 Å². The normalized spacial score (nSPS) is 16.5. The third-order valence-electron chi connectivity index (χ3n) is 4.58. The van der Waals surface area contributed by atoms with Crippen LogP contribution < -0.4 is 14.2 Å². The SMILES string of the molecule is COc1ccc(OC)c(S(=O)(=O)NCC(c2cccs2)N2CCCC2)c1. The van der Waals surface area contributed by atoms with E-state index in [1.807, 2.05) is 11.4 Å². The van der Waals surface area contributed by atoms with Gasteiger partial charge in [0.05, 0.1) is 20.3 Å². The molecule has 3 rings (SSSR count). The van der Waals surface area contributed by atoms with Crippen LogP contribution in [0, 0.1) is 0 Å². The van der Waals surface area contributed by atoms with Crippen LogP contribution in [0.3, 0.4) is 0 Å². The molecule has 142 valence electrons. The van der Waals surface area contributed by atoms with Gasteiger partial charge in [-0.15, -0.1) is 11.3 Å². The summed E-state index contributed by atoms with van der Waals surface area (Å²) in [4.78, 5) is 3.61. The summed E-state index contributed by atoms with van der Waals surface area (Å²) in [5.74, 6) is 0.771. The Kier molecular flexibility index (Phi) is 6.18. The summed E-state index contributed by atoms with van der Waals surface area (Å²) in [7, 11) is -0.765. The first-order valence-corrected chi connectivity index (χ1v) is 10.9. The average Bonchev–Trinajstić information content (AvgIpc) is 3.35. The highest BCUT2D eigenvalue weighted by atomic mass is 32.2. The van der Waals surface area contributed by atoms with E-state index < -0.39 is 10.0 Å². The summed E-state index contributed by atoms with van der Waals surface area (Å²) < 4.78 is 39.0. The third kappa shape index (κ3) is 4.20. The van der Waals surface area contributed by atoms with Gasteiger partial charge in [-0.25, -0.2) is 13.1 Å². The molecule has 1 aromatic carbocycles. The second-order valence-electron chi connectivity index (χ2n) is 6.14. The summed E-state index contributed by atoms with van der Waals surface area (Å²) in [6.07, 6.45) is 2.30. The smallest absolute Gasteiger partial charge is 0.244 e. The first-order chi connectivity index (χ1) is 12.5. The fourth-order valence-corrected chi connectivity index (χ4v) is 5.29. The van der Waals surface area contributed by atoms with Crippen molar-refractivity contribution in [3.63, 3.8) is 0 Å². The van der Waals surface area contributed by atoms with Gasteiger partial charge in [0, 0.05) is 17.5 Å². The molecular formula is C18H24N2O4S2. The molecule has 0 amide bonds. The van der Waals surface area contributed by atoms with Crippen LogP contribution in [0.15, 0.2) is 40.6 Å². The molecule has 1 saturated heterocycles. The van der Waals surface area contributed by atoms with E-state index in [4.69, 9.17) is 9.47 Å². The van der Waals surface area contributed by atoms with Crippen molar-refractivity contribution in [2.75, 3.05) is 33.9 Å². The van der Waals surface area contributed by atoms with Crippen molar-refractivity contribution in [3.05, 3.63) is 40.6 Å². The molecule has 0 bridgehead atoms. The van der Waals surface area contributed by atoms with Crippen LogP contribution in [0.2, 0.25) is 0 Å². The van der Waals surface area contributed by atoms with Gasteiger partial charge in [-0.3, -0.25) is 4.90 Å². The van der Waals surface area contributed by atoms with Crippen molar-refractivity contribution in [2.24, 2.45) is 0 Å². The number of benzene rings is 1. The number of likely N-dealkylation sites (tertiary alicyclic amines) is 1. The summed E-state index contributed by atoms with van der Waals surface area (Å²) in [6, 6.07) is 8.87. The van der Waals surface area contributed by atoms with Crippen molar-refractivity contribution in [1.29, 1.82) is 0 Å². The minimum absolute atomic E-state index is 0.0453. The Morgan fingerprint density at radius 3 is 2.58 bits per heavy atom. The molecule has 1 N–H and O–H groups in total. The highest BCUT2D eigenvalue weighted by molar-refractivity contribution is 7.89. The summed E-state index contributed by atoms with van der Waals surface area (Å²) in [5, 5.41) is 2.03. The van der Waals surface area contributed by atoms with Crippen LogP contribution in [-0.4, -0.2) is 47.2 Å². The number of sulfonamides is 1. The van der Waals surface area contributed by atoms with Crippen molar-refractivity contribution >= 4 is 21.4 Å². The Labute approximate surface area is 158 Å². The fraction of sp³-hybridized carbons (Fsp3) is 0.444. The number of ether oxygens (including phenoxy) is 2. The zero-order valence-electron chi connectivity index (χ0n) is 15.0. The number of thiophene rings is 1. The number of hydrogen-bond acceptors (Lipinski definition) is 6. The predicted molar refractivity (Wildman–Crippen MR) is 103 cm³/mol. The molecule has 1 aliphatic rings. The molecular weight excluding hydrogens is 372 g/mol. The van der Waals surface area contributed by atoms with Crippen LogP contribution >= 0.6 is 11.3 Å². The molecule has 1 aromatic heterocycles. The molecule has 1 unspecified atom stereocenters. The van der Waals surface area contributed by atoms with Gasteiger partial charge in [0.1, 0.15) is 16.4 Å². The van der Waals surface area contributed by atoms with Gasteiger partial charge in [0.2, 0.25) is 10.0 Å². The monoisotopic (exact) mass is 396 g/mol. The van der Waals surface area contributed by atoms with Gasteiger partial charge in [-0.2, -0.15) is 0 Å². The molecule has 0 saturated carbocycles. The molecule has 0 radical (unpaired) electrons. The molecule has 26 heavy (non-hydrogen) atoms. The Hall–Kier alpha value is -1.61. The number of nitrogens with one attached hydrogen (secondary N) is 1. The average molecular weight is 397 g/mol. The lowest BCUT2D eigenvalue weighted by atomic mass is 10.2. The second kappa shape index (κ2) is 8.39. The van der Waals surface area contributed by atoms with Crippen molar-refractivity contribution in [2.45, 2.75) is 23.8 Å². The number of nitrogens with zero attached hydrogens (tertiary/aromatic N) is 1. The van der Waals surface area contributed by atoms with Crippen molar-refractivity contribution < 1.29 is 17.9 Å². The van der Waals surface area contributed by atoms with Gasteiger partial charge in [0.15, 0.2) is 0 Å². The minimum atomic E-state index is -3.73. The molecule has 6 nitrogen and oxygen atoms in total. The molecule has 1 atom stereocenters. The molecule has 8 heteroatoms. The second-order valence-corrected chi connectivity index (χ2v) is 8.86. The number of rotatable bonds is 8. The number of hydrogen-bond donors (Lipinski definition) is 1. The predicted octanol–water partition coefficient (Wildman–Crippen LogP) is 2.88. The molecule has 0 spiro atoms. The lowest BCUT2D eigenvalue weighted by molar-refractivity contribution is 0.250. The Bertz CT molecular complexity index is 816. The van der Waals surface area contributed by atoms with Gasteiger partial charge >= 0.3 is 0 Å². The highest BCUT2D eigenvalue weighted by Gasteiger charge is 2.27. The first-order valence-electron chi connectivity index (χ1n) is 8.54. The Morgan fingerprint density at radius 2 is 1.96 bits per heavy atom. The van der Waals surface area contributed by atoms with Crippen molar-refractivity contribution in [3.8, 4) is 11.5 Å². The fourth-order valence-electron chi connectivity index (χ4n) is 3.20. The van der Waals surface area contributed by atoms with Crippen molar-refractivity contribution in [1.82, 2.24) is 9.62 Å². The highest BCUT2D eigenvalue weighted by Crippen LogP contribution is 2.30. The summed E-state index contributed by atoms with van der Waals surface area (Å²) in [5.41, 5.74) is 0. The summed E-state index contributed by atoms with van der Waals surface area (Å²) in [6.45, 7) is 2.31. The first kappa shape index (κ1) is 19.2. The van der Waals surface area contributed by atoms with E-state index in [0.717, 1.165) is 25.9 Å². The Balaban J connectivity index is 1.82. The van der Waals surface area contributed by atoms with E-state index in [9.17, 15) is 8.42 Å². The van der Waals surface area contributed by atoms with E-state index in [1.54, 1.807) is 23.5 Å². The van der Waals surface area contributed by atoms with E-state index in [1.165, 1.54) is 25.2 Å². The maximum absolute atomic E-state index is 12.9. The van der Waals surface area contributed by atoms with Gasteiger partial charge in [-0.05, 0) is 49.5 Å². The van der Waals surface area contributed by atoms with E-state index >= 15 is 0 Å². The number of methoxy groups -OCH3 is 2. The molecule has 2 heterocycles. The van der Waals surface area contributed by atoms with Crippen LogP contribution in [0.4, 0.5) is 0 Å². The lowest BCUT2D eigenvalue weighted by Gasteiger charge is -2.27. The van der Waals surface area contributed by atoms with E-state index in [2.05, 4.69) is 15.7 Å². The molecule has 1 aliphatic heterocycles. The van der Waals surface area contributed by atoms with E-state index in [-0.39, 0.29) is 10.9 Å². The standard InChI is InChI=1S/C18H24N2O4S2/c1-23-14-7-8-16(24-2)18(12-14)26(21,22)19-13-15(17-6-5-11-25-17)20-9-3-4-10-20/h5-8,11-12,15,19H,3-4,9-10,13H2,1-2H3. The van der Waals surface area contributed by atoms with Gasteiger partial charge in [-0.1, -0.05) is 6.07 Å². The molecule has 1 fully saturated rings. The zero-order chi connectivity index (χ0) is 18.6. The maximum Gasteiger partial charge on any atom is 0.244 e. The Morgan fingerprint density at radius 1 is 1.19 bits per heavy atom. The maximum atomic E-state index is 12.9.